The van der Waals surface area contributed by atoms with Gasteiger partial charge in [-0.25, -0.2) is 0 Å². The summed E-state index contributed by atoms with van der Waals surface area (Å²) in [7, 11) is -3.58. The lowest BCUT2D eigenvalue weighted by atomic mass is 9.86. The van der Waals surface area contributed by atoms with Gasteiger partial charge in [-0.3, -0.25) is 8.98 Å². The van der Waals surface area contributed by atoms with Crippen LogP contribution in [0.15, 0.2) is 24.3 Å². The Hall–Kier alpha value is -1.20. The van der Waals surface area contributed by atoms with E-state index in [1.807, 2.05) is 12.1 Å². The van der Waals surface area contributed by atoms with E-state index in [0.29, 0.717) is 5.56 Å². The maximum absolute atomic E-state index is 11.7. The first kappa shape index (κ1) is 14.9. The second kappa shape index (κ2) is 5.20. The average Bonchev–Trinajstić information content (AvgIpc) is 2.24. The fraction of sp³-hybridized carbons (Fsp3) is 0.462. The topological polar surface area (TPSA) is 60.4 Å². The van der Waals surface area contributed by atoms with Gasteiger partial charge in [0.2, 0.25) is 0 Å². The predicted molar refractivity (Wildman–Crippen MR) is 70.3 cm³/mol. The van der Waals surface area contributed by atoms with E-state index in [4.69, 9.17) is 0 Å². The molecule has 1 aromatic carbocycles. The Morgan fingerprint density at radius 1 is 1.17 bits per heavy atom. The molecule has 0 aliphatic rings. The van der Waals surface area contributed by atoms with E-state index in [9.17, 15) is 13.2 Å². The monoisotopic (exact) mass is 270 g/mol. The Morgan fingerprint density at radius 3 is 2.06 bits per heavy atom. The summed E-state index contributed by atoms with van der Waals surface area (Å²) in [5.74, 6) is -0.346. The van der Waals surface area contributed by atoms with Crippen LogP contribution in [0.3, 0.4) is 0 Å². The third-order valence-electron chi connectivity index (χ3n) is 2.48. The summed E-state index contributed by atoms with van der Waals surface area (Å²) in [5.41, 5.74) is 1.58. The highest BCUT2D eigenvalue weighted by atomic mass is 32.2. The van der Waals surface area contributed by atoms with Gasteiger partial charge in [0, 0.05) is 5.56 Å². The third kappa shape index (κ3) is 4.58. The van der Waals surface area contributed by atoms with Gasteiger partial charge in [0.1, 0.15) is 6.61 Å². The van der Waals surface area contributed by atoms with Crippen LogP contribution in [0, 0.1) is 0 Å². The fourth-order valence-corrected chi connectivity index (χ4v) is 1.72. The molecule has 1 rings (SSSR count). The van der Waals surface area contributed by atoms with Gasteiger partial charge >= 0.3 is 0 Å². The van der Waals surface area contributed by atoms with Crippen molar-refractivity contribution in [3.05, 3.63) is 35.4 Å². The van der Waals surface area contributed by atoms with Crippen LogP contribution in [0.5, 0.6) is 0 Å². The molecule has 0 radical (unpaired) electrons. The van der Waals surface area contributed by atoms with Gasteiger partial charge in [0.15, 0.2) is 5.78 Å². The van der Waals surface area contributed by atoms with Crippen LogP contribution >= 0.6 is 0 Å². The van der Waals surface area contributed by atoms with Crippen molar-refractivity contribution in [1.82, 2.24) is 0 Å². The summed E-state index contributed by atoms with van der Waals surface area (Å²) in [6, 6.07) is 7.12. The fourth-order valence-electron chi connectivity index (χ4n) is 1.40. The Morgan fingerprint density at radius 2 is 1.67 bits per heavy atom. The summed E-state index contributed by atoms with van der Waals surface area (Å²) in [4.78, 5) is 11.7. The lowest BCUT2D eigenvalue weighted by molar-refractivity contribution is 0.0925. The Balaban J connectivity index is 2.77. The molecule has 4 nitrogen and oxygen atoms in total. The molecule has 1 aromatic rings. The van der Waals surface area contributed by atoms with Crippen molar-refractivity contribution in [3.8, 4) is 0 Å². The van der Waals surface area contributed by atoms with E-state index in [-0.39, 0.29) is 11.2 Å². The van der Waals surface area contributed by atoms with E-state index >= 15 is 0 Å². The minimum absolute atomic E-state index is 0.0187. The highest BCUT2D eigenvalue weighted by molar-refractivity contribution is 7.86. The van der Waals surface area contributed by atoms with Crippen LogP contribution in [0.25, 0.3) is 0 Å². The molecule has 0 heterocycles. The number of carbonyl (C=O) groups excluding carboxylic acids is 1. The van der Waals surface area contributed by atoms with Gasteiger partial charge in [-0.2, -0.15) is 8.42 Å². The highest BCUT2D eigenvalue weighted by Gasteiger charge is 2.15. The molecule has 0 saturated carbocycles. The van der Waals surface area contributed by atoms with Gasteiger partial charge in [0.05, 0.1) is 6.26 Å². The third-order valence-corrected chi connectivity index (χ3v) is 3.02. The lowest BCUT2D eigenvalue weighted by Crippen LogP contribution is -2.14. The van der Waals surface area contributed by atoms with E-state index in [2.05, 4.69) is 25.0 Å². The molecule has 0 fully saturated rings. The zero-order valence-corrected chi connectivity index (χ0v) is 11.9. The average molecular weight is 270 g/mol. The van der Waals surface area contributed by atoms with Gasteiger partial charge < -0.3 is 0 Å². The van der Waals surface area contributed by atoms with Gasteiger partial charge in [-0.15, -0.1) is 0 Å². The normalized spacial score (nSPS) is 12.4. The molecule has 100 valence electrons. The second-order valence-electron chi connectivity index (χ2n) is 5.22. The summed E-state index contributed by atoms with van der Waals surface area (Å²) in [5, 5.41) is 0. The molecular weight excluding hydrogens is 252 g/mol. The molecule has 0 unspecified atom stereocenters. The number of hydrogen-bond donors (Lipinski definition) is 0. The van der Waals surface area contributed by atoms with Gasteiger partial charge in [-0.05, 0) is 11.0 Å². The Bertz CT molecular complexity index is 521. The predicted octanol–water partition coefficient (Wildman–Crippen LogP) is 2.14. The van der Waals surface area contributed by atoms with E-state index in [1.165, 1.54) is 0 Å². The molecule has 0 aliphatic carbocycles. The molecular formula is C13H18O4S. The van der Waals surface area contributed by atoms with Crippen molar-refractivity contribution in [1.29, 1.82) is 0 Å². The second-order valence-corrected chi connectivity index (χ2v) is 6.86. The summed E-state index contributed by atoms with van der Waals surface area (Å²) in [6.07, 6.45) is 0.920. The molecule has 0 saturated heterocycles. The smallest absolute Gasteiger partial charge is 0.264 e. The molecule has 18 heavy (non-hydrogen) atoms. The van der Waals surface area contributed by atoms with Crippen molar-refractivity contribution < 1.29 is 17.4 Å². The maximum Gasteiger partial charge on any atom is 0.264 e. The summed E-state index contributed by atoms with van der Waals surface area (Å²) >= 11 is 0. The number of Topliss-reactive ketones (excluding diaryl/α,β-unsaturated/α-hetero) is 1. The van der Waals surface area contributed by atoms with Crippen molar-refractivity contribution in [2.24, 2.45) is 0 Å². The highest BCUT2D eigenvalue weighted by Crippen LogP contribution is 2.22. The lowest BCUT2D eigenvalue weighted by Gasteiger charge is -2.18. The van der Waals surface area contributed by atoms with Crippen molar-refractivity contribution in [3.63, 3.8) is 0 Å². The van der Waals surface area contributed by atoms with E-state index < -0.39 is 16.7 Å². The maximum atomic E-state index is 11.7. The Kier molecular flexibility index (Phi) is 4.29. The standard InChI is InChI=1S/C13H18O4S/c1-13(2,3)11-7-5-10(6-8-11)12(14)9-17-18(4,15)16/h5-8H,9H2,1-4H3. The molecule has 0 aliphatic heterocycles. The first-order valence-electron chi connectivity index (χ1n) is 5.58. The zero-order valence-electron chi connectivity index (χ0n) is 11.1. The van der Waals surface area contributed by atoms with Crippen LogP contribution in [0.2, 0.25) is 0 Å². The minimum atomic E-state index is -3.58. The zero-order chi connectivity index (χ0) is 14.0. The number of carbonyl (C=O) groups is 1. The van der Waals surface area contributed by atoms with Crippen LogP contribution in [-0.4, -0.2) is 27.1 Å². The van der Waals surface area contributed by atoms with E-state index in [1.54, 1.807) is 12.1 Å². The number of hydrogen-bond acceptors (Lipinski definition) is 4. The van der Waals surface area contributed by atoms with Crippen molar-refractivity contribution in [2.75, 3.05) is 12.9 Å². The minimum Gasteiger partial charge on any atom is -0.291 e. The molecule has 5 heteroatoms. The van der Waals surface area contributed by atoms with E-state index in [0.717, 1.165) is 11.8 Å². The first-order chi connectivity index (χ1) is 8.09. The van der Waals surface area contributed by atoms with Gasteiger partial charge in [-0.1, -0.05) is 45.0 Å². The first-order valence-corrected chi connectivity index (χ1v) is 7.39. The van der Waals surface area contributed by atoms with Crippen molar-refractivity contribution in [2.45, 2.75) is 26.2 Å². The van der Waals surface area contributed by atoms with Crippen LogP contribution in [0.4, 0.5) is 0 Å². The largest absolute Gasteiger partial charge is 0.291 e. The molecule has 0 bridgehead atoms. The summed E-state index contributed by atoms with van der Waals surface area (Å²) < 4.78 is 26.0. The number of benzene rings is 1. The summed E-state index contributed by atoms with van der Waals surface area (Å²) in [6.45, 7) is 5.79. The molecule has 0 aromatic heterocycles. The molecule has 0 atom stereocenters. The molecule has 0 N–H and O–H groups in total. The Labute approximate surface area is 108 Å². The molecule has 0 amide bonds. The van der Waals surface area contributed by atoms with Gasteiger partial charge in [0.25, 0.3) is 10.1 Å². The van der Waals surface area contributed by atoms with Crippen molar-refractivity contribution >= 4 is 15.9 Å². The SMILES string of the molecule is CC(C)(C)c1ccc(C(=O)COS(C)(=O)=O)cc1. The number of rotatable bonds is 4. The van der Waals surface area contributed by atoms with Crippen LogP contribution in [-0.2, 0) is 19.7 Å². The van der Waals surface area contributed by atoms with Crippen LogP contribution in [0.1, 0.15) is 36.7 Å². The number of ketones is 1. The van der Waals surface area contributed by atoms with Crippen LogP contribution < -0.4 is 0 Å². The molecule has 0 spiro atoms. The quantitative estimate of drug-likeness (QED) is 0.621.